The molecular formula is C43H60F3N5O6. The van der Waals surface area contributed by atoms with Gasteiger partial charge < -0.3 is 30.5 Å². The molecule has 11 nitrogen and oxygen atoms in total. The molecule has 0 radical (unpaired) electrons. The molecule has 5 aliphatic rings. The van der Waals surface area contributed by atoms with Gasteiger partial charge in [-0.15, -0.1) is 0 Å². The number of hydrogen-bond donors (Lipinski definition) is 4. The van der Waals surface area contributed by atoms with Crippen LogP contribution in [0, 0.1) is 29.1 Å². The Balaban J connectivity index is 1.29. The number of alkyl halides is 3. The minimum Gasteiger partial charge on any atom is -0.496 e. The number of aliphatic hydroxyl groups excluding tert-OH is 2. The summed E-state index contributed by atoms with van der Waals surface area (Å²) < 4.78 is 49.3. The quantitative estimate of drug-likeness (QED) is 0.191. The van der Waals surface area contributed by atoms with E-state index >= 15 is 0 Å². The number of carbonyl (C=O) groups is 2. The van der Waals surface area contributed by atoms with Crippen LogP contribution in [0.5, 0.6) is 5.75 Å². The first-order chi connectivity index (χ1) is 26.9. The second-order valence-corrected chi connectivity index (χ2v) is 17.6. The van der Waals surface area contributed by atoms with Crippen molar-refractivity contribution in [1.29, 1.82) is 0 Å². The Kier molecular flexibility index (Phi) is 13.1. The molecule has 314 valence electrons. The number of halogens is 3. The molecular weight excluding hydrogens is 739 g/mol. The number of ether oxygens (including phenoxy) is 1. The van der Waals surface area contributed by atoms with Crippen LogP contribution in [0.2, 0.25) is 0 Å². The van der Waals surface area contributed by atoms with Crippen molar-refractivity contribution in [3.8, 4) is 16.9 Å². The Morgan fingerprint density at radius 2 is 1.91 bits per heavy atom. The highest BCUT2D eigenvalue weighted by atomic mass is 19.4. The number of amides is 2. The highest BCUT2D eigenvalue weighted by Gasteiger charge is 2.57. The zero-order valence-electron chi connectivity index (χ0n) is 34.2. The minimum atomic E-state index is -4.75. The van der Waals surface area contributed by atoms with E-state index in [2.05, 4.69) is 36.4 Å². The van der Waals surface area contributed by atoms with E-state index in [4.69, 9.17) is 9.57 Å². The number of likely N-dealkylation sites (N-methyl/N-ethyl adjacent to an activating group) is 1. The summed E-state index contributed by atoms with van der Waals surface area (Å²) in [6.45, 7) is 9.04. The molecule has 3 aliphatic carbocycles. The van der Waals surface area contributed by atoms with Crippen LogP contribution in [0.3, 0.4) is 0 Å². The smallest absolute Gasteiger partial charge is 0.416 e. The van der Waals surface area contributed by atoms with Gasteiger partial charge in [-0.05, 0) is 100 Å². The molecule has 0 aromatic heterocycles. The molecule has 14 heteroatoms. The van der Waals surface area contributed by atoms with Crippen LogP contribution in [0.4, 0.5) is 13.2 Å². The summed E-state index contributed by atoms with van der Waals surface area (Å²) in [5, 5.41) is 28.9. The number of hydroxylamine groups is 2. The maximum Gasteiger partial charge on any atom is 0.416 e. The lowest BCUT2D eigenvalue weighted by Crippen LogP contribution is -2.62. The first kappa shape index (κ1) is 43.0. The molecule has 2 aromatic rings. The summed E-state index contributed by atoms with van der Waals surface area (Å²) in [5.74, 6) is -0.239. The summed E-state index contributed by atoms with van der Waals surface area (Å²) in [4.78, 5) is 40.7. The van der Waals surface area contributed by atoms with Crippen LogP contribution >= 0.6 is 0 Å². The van der Waals surface area contributed by atoms with Crippen molar-refractivity contribution in [2.75, 3.05) is 40.9 Å². The molecule has 2 bridgehead atoms. The Labute approximate surface area is 334 Å². The SMILES string of the molecule is COc1c(CN2O[C@@H](CO)[C@@H]([C@H](C)O)[C@H]2C(=O)N[C@H]2C[C@H]3C[C@@H]([C@@H]2C)C3(C)C)cccc1-c1cc(C(=O)N[C@@H](CC2=NCCCC2)CN(C)C)cc(C(F)(F)F)c1. The van der Waals surface area contributed by atoms with Gasteiger partial charge in [-0.3, -0.25) is 19.4 Å². The molecule has 7 rings (SSSR count). The first-order valence-corrected chi connectivity index (χ1v) is 20.3. The van der Waals surface area contributed by atoms with Crippen molar-refractivity contribution in [1.82, 2.24) is 20.6 Å². The number of fused-ring (bicyclic) bond motifs is 2. The van der Waals surface area contributed by atoms with E-state index in [1.807, 2.05) is 19.0 Å². The van der Waals surface area contributed by atoms with Gasteiger partial charge in [0.05, 0.1) is 31.9 Å². The van der Waals surface area contributed by atoms with Crippen molar-refractivity contribution >= 4 is 17.5 Å². The van der Waals surface area contributed by atoms with E-state index in [0.29, 0.717) is 35.9 Å². The summed E-state index contributed by atoms with van der Waals surface area (Å²) in [5.41, 5.74) is 1.00. The molecule has 1 saturated heterocycles. The Morgan fingerprint density at radius 3 is 2.51 bits per heavy atom. The van der Waals surface area contributed by atoms with E-state index in [-0.39, 0.29) is 52.7 Å². The fourth-order valence-corrected chi connectivity index (χ4v) is 9.99. The molecule has 57 heavy (non-hydrogen) atoms. The average Bonchev–Trinajstić information content (AvgIpc) is 3.53. The molecule has 2 aromatic carbocycles. The summed E-state index contributed by atoms with van der Waals surface area (Å²) in [6, 6.07) is 6.92. The molecule has 2 aliphatic heterocycles. The zero-order valence-corrected chi connectivity index (χ0v) is 34.2. The summed E-state index contributed by atoms with van der Waals surface area (Å²) >= 11 is 0. The van der Waals surface area contributed by atoms with Crippen molar-refractivity contribution in [2.45, 2.75) is 109 Å². The molecule has 4 N–H and O–H groups in total. The molecule has 9 atom stereocenters. The molecule has 2 amide bonds. The Hall–Kier alpha value is -3.56. The maximum absolute atomic E-state index is 14.5. The van der Waals surface area contributed by atoms with Crippen LogP contribution in [0.1, 0.15) is 87.7 Å². The van der Waals surface area contributed by atoms with Crippen molar-refractivity contribution < 1.29 is 42.5 Å². The normalized spacial score (nSPS) is 28.3. The number of benzene rings is 2. The van der Waals surface area contributed by atoms with Crippen LogP contribution in [0.15, 0.2) is 41.4 Å². The van der Waals surface area contributed by atoms with Crippen molar-refractivity contribution in [3.05, 3.63) is 53.1 Å². The fraction of sp³-hybridized carbons (Fsp3) is 0.651. The molecule has 2 heterocycles. The largest absolute Gasteiger partial charge is 0.496 e. The minimum absolute atomic E-state index is 0.0459. The number of rotatable bonds is 14. The number of aliphatic hydroxyl groups is 2. The van der Waals surface area contributed by atoms with Gasteiger partial charge in [-0.25, -0.2) is 0 Å². The highest BCUT2D eigenvalue weighted by molar-refractivity contribution is 5.97. The van der Waals surface area contributed by atoms with Crippen LogP contribution < -0.4 is 15.4 Å². The van der Waals surface area contributed by atoms with E-state index < -0.39 is 48.4 Å². The molecule has 4 fully saturated rings. The monoisotopic (exact) mass is 799 g/mol. The number of methoxy groups -OCH3 is 1. The maximum atomic E-state index is 14.5. The lowest BCUT2D eigenvalue weighted by Gasteiger charge is -2.62. The van der Waals surface area contributed by atoms with E-state index in [0.717, 1.165) is 56.5 Å². The van der Waals surface area contributed by atoms with Gasteiger partial charge in [0.15, 0.2) is 0 Å². The number of hydrogen-bond acceptors (Lipinski definition) is 9. The van der Waals surface area contributed by atoms with E-state index in [1.165, 1.54) is 18.2 Å². The second-order valence-electron chi connectivity index (χ2n) is 17.6. The first-order valence-electron chi connectivity index (χ1n) is 20.3. The number of aliphatic imine (C=N–C) groups is 1. The third kappa shape index (κ3) is 9.20. The number of para-hydroxylation sites is 1. The average molecular weight is 800 g/mol. The van der Waals surface area contributed by atoms with Gasteiger partial charge in [0.25, 0.3) is 5.91 Å². The van der Waals surface area contributed by atoms with Gasteiger partial charge >= 0.3 is 6.18 Å². The number of carbonyl (C=O) groups excluding carboxylic acids is 2. The van der Waals surface area contributed by atoms with Gasteiger partial charge in [0.1, 0.15) is 17.9 Å². The van der Waals surface area contributed by atoms with Crippen LogP contribution in [-0.4, -0.2) is 109 Å². The van der Waals surface area contributed by atoms with E-state index in [1.54, 1.807) is 25.1 Å². The topological polar surface area (TPSA) is 136 Å². The van der Waals surface area contributed by atoms with Crippen molar-refractivity contribution in [3.63, 3.8) is 0 Å². The predicted molar refractivity (Wildman–Crippen MR) is 212 cm³/mol. The van der Waals surface area contributed by atoms with Gasteiger partial charge in [0, 0.05) is 59.9 Å². The predicted octanol–water partition coefficient (Wildman–Crippen LogP) is 5.72. The van der Waals surface area contributed by atoms with E-state index in [9.17, 15) is 33.0 Å². The number of nitrogens with one attached hydrogen (secondary N) is 2. The third-order valence-corrected chi connectivity index (χ3v) is 13.1. The van der Waals surface area contributed by atoms with Crippen LogP contribution in [-0.2, 0) is 22.4 Å². The lowest BCUT2D eigenvalue weighted by atomic mass is 9.45. The summed E-state index contributed by atoms with van der Waals surface area (Å²) in [7, 11) is 5.16. The van der Waals surface area contributed by atoms with Gasteiger partial charge in [0.2, 0.25) is 5.91 Å². The molecule has 0 unspecified atom stereocenters. The van der Waals surface area contributed by atoms with Gasteiger partial charge in [-0.2, -0.15) is 18.2 Å². The highest BCUT2D eigenvalue weighted by Crippen LogP contribution is 2.61. The lowest BCUT2D eigenvalue weighted by molar-refractivity contribution is -0.183. The Morgan fingerprint density at radius 1 is 1.16 bits per heavy atom. The second kappa shape index (κ2) is 17.3. The molecule has 0 spiro atoms. The Bertz CT molecular complexity index is 1800. The fourth-order valence-electron chi connectivity index (χ4n) is 9.99. The third-order valence-electron chi connectivity index (χ3n) is 13.1. The van der Waals surface area contributed by atoms with Crippen molar-refractivity contribution in [2.24, 2.45) is 34.1 Å². The standard InChI is InChI=1S/C43H60F3N5O6/c1-24-34-18-29(42(34,3)4)19-35(24)49-41(55)38-37(25(2)53)36(23-52)57-51(38)21-26-11-10-13-33(39(26)56-7)27-15-28(17-30(16-27)43(44,45)46)40(54)48-32(22-50(5)6)20-31-12-8-9-14-47-31/h10-11,13,15-17,24-25,29,32,34-38,52-53H,8-9,12,14,18-23H2,1-7H3,(H,48,54)(H,49,55)/t24-,25-,29+,32-,34-,35-,36-,37+,38-/m0/s1. The zero-order chi connectivity index (χ0) is 41.4. The van der Waals surface area contributed by atoms with Crippen LogP contribution in [0.25, 0.3) is 11.1 Å². The van der Waals surface area contributed by atoms with Gasteiger partial charge in [-0.1, -0.05) is 39.0 Å². The number of nitrogens with zero attached hydrogens (tertiary/aromatic N) is 3. The molecule has 3 saturated carbocycles. The summed E-state index contributed by atoms with van der Waals surface area (Å²) in [6.07, 6.45) is -1.27.